The van der Waals surface area contributed by atoms with Crippen LogP contribution in [0.3, 0.4) is 0 Å². The maximum Gasteiger partial charge on any atom is 0.193 e. The molecule has 9 heteroatoms. The first kappa shape index (κ1) is 28.8. The highest BCUT2D eigenvalue weighted by Crippen LogP contribution is 2.70. The molecule has 5 aliphatic rings. The van der Waals surface area contributed by atoms with Crippen molar-refractivity contribution >= 4 is 17.7 Å². The van der Waals surface area contributed by atoms with Gasteiger partial charge in [0.2, 0.25) is 0 Å². The van der Waals surface area contributed by atoms with Crippen molar-refractivity contribution in [2.45, 2.75) is 90.0 Å². The van der Waals surface area contributed by atoms with Gasteiger partial charge in [-0.1, -0.05) is 19.4 Å². The van der Waals surface area contributed by atoms with Crippen LogP contribution in [-0.2, 0) is 20.9 Å². The molecule has 8 atom stereocenters. The van der Waals surface area contributed by atoms with E-state index < -0.39 is 41.4 Å². The fourth-order valence-corrected chi connectivity index (χ4v) is 9.69. The highest BCUT2D eigenvalue weighted by molar-refractivity contribution is 5.91. The van der Waals surface area contributed by atoms with Crippen molar-refractivity contribution in [1.82, 2.24) is 0 Å². The molecule has 0 radical (unpaired) electrons. The number of aliphatic hydroxyl groups is 3. The van der Waals surface area contributed by atoms with Gasteiger partial charge >= 0.3 is 0 Å². The zero-order chi connectivity index (χ0) is 29.5. The molecule has 3 unspecified atom stereocenters. The number of Topliss-reactive ketones (excluding diaryl/α,β-unsaturated/α-hetero) is 1. The monoisotopic (exact) mass is 569 g/mol. The standard InChI is InChI=1S/C32H41FN2O6/c1-29(2)40-27-11-22-21-7-5-19-10-24(35-20-6-8-23(33)17(9-20)15-36)18(14-34)12-30(19,3)28(21)25(38)13-31(22,4)32(27,41-29)26(39)16-37/h6,8-10,14,21-22,25,27-28,34-38H,5,7,11-13,15-16H2,1-4H3/p+1/t21-,22?,25?,27+,28?,30-,31-,32+/m0/s1. The minimum absolute atomic E-state index is 0.0716. The molecule has 1 heterocycles. The number of ketones is 1. The third-order valence-corrected chi connectivity index (χ3v) is 11.2. The van der Waals surface area contributed by atoms with Gasteiger partial charge in [0.05, 0.1) is 18.8 Å². The van der Waals surface area contributed by atoms with E-state index in [0.29, 0.717) is 19.3 Å². The minimum Gasteiger partial charge on any atom is -0.393 e. The van der Waals surface area contributed by atoms with Crippen LogP contribution in [0.15, 0.2) is 41.1 Å². The van der Waals surface area contributed by atoms with Gasteiger partial charge in [-0.25, -0.2) is 4.39 Å². The van der Waals surface area contributed by atoms with Crippen LogP contribution in [0.4, 0.5) is 10.1 Å². The molecule has 6 rings (SSSR count). The smallest absolute Gasteiger partial charge is 0.193 e. The first-order valence-electron chi connectivity index (χ1n) is 14.7. The third kappa shape index (κ3) is 4.00. The summed E-state index contributed by atoms with van der Waals surface area (Å²) >= 11 is 0. The lowest BCUT2D eigenvalue weighted by molar-refractivity contribution is -0.513. The maximum absolute atomic E-state index is 14.0. The number of carbonyl (C=O) groups excluding carboxylic acids is 1. The lowest BCUT2D eigenvalue weighted by atomic mass is 9.45. The Balaban J connectivity index is 1.34. The van der Waals surface area contributed by atoms with Crippen LogP contribution in [0.2, 0.25) is 0 Å². The highest BCUT2D eigenvalue weighted by Gasteiger charge is 2.76. The first-order chi connectivity index (χ1) is 19.3. The number of nitrogens with two attached hydrogens (primary N) is 1. The molecule has 6 N–H and O–H groups in total. The number of rotatable bonds is 6. The summed E-state index contributed by atoms with van der Waals surface area (Å²) in [7, 11) is 0. The van der Waals surface area contributed by atoms with Crippen LogP contribution in [0.25, 0.3) is 0 Å². The number of carbonyl (C=O) groups is 1. The molecule has 222 valence electrons. The second kappa shape index (κ2) is 9.62. The van der Waals surface area contributed by atoms with E-state index in [-0.39, 0.29) is 41.1 Å². The number of halogens is 1. The molecule has 4 fully saturated rings. The molecular weight excluding hydrogens is 527 g/mol. The van der Waals surface area contributed by atoms with Gasteiger partial charge in [-0.3, -0.25) is 10.1 Å². The molecule has 0 aromatic heterocycles. The van der Waals surface area contributed by atoms with Gasteiger partial charge in [-0.15, -0.1) is 0 Å². The number of benzene rings is 1. The van der Waals surface area contributed by atoms with Gasteiger partial charge in [0.1, 0.15) is 23.8 Å². The van der Waals surface area contributed by atoms with Crippen molar-refractivity contribution < 1.29 is 39.3 Å². The second-order valence-corrected chi connectivity index (χ2v) is 13.7. The Bertz CT molecular complexity index is 1360. The van der Waals surface area contributed by atoms with E-state index in [1.807, 2.05) is 12.2 Å². The Morgan fingerprint density at radius 1 is 1.24 bits per heavy atom. The quantitative estimate of drug-likeness (QED) is 0.264. The molecule has 4 aliphatic carbocycles. The molecule has 41 heavy (non-hydrogen) atoms. The summed E-state index contributed by atoms with van der Waals surface area (Å²) in [6, 6.07) is 4.65. The van der Waals surface area contributed by atoms with Crippen LogP contribution in [0.5, 0.6) is 0 Å². The predicted molar refractivity (Wildman–Crippen MR) is 148 cm³/mol. The summed E-state index contributed by atoms with van der Waals surface area (Å²) in [5.74, 6) is -1.66. The Morgan fingerprint density at radius 3 is 2.68 bits per heavy atom. The number of nitrogens with one attached hydrogen (secondary N) is 1. The molecule has 0 amide bonds. The normalized spacial score (nSPS) is 40.8. The van der Waals surface area contributed by atoms with Gasteiger partial charge in [0, 0.05) is 34.9 Å². The summed E-state index contributed by atoms with van der Waals surface area (Å²) < 4.78 is 26.7. The molecular formula is C32H42FN2O6+. The number of hydrogen-bond acceptors (Lipinski definition) is 7. The minimum atomic E-state index is -1.30. The molecule has 0 bridgehead atoms. The number of aliphatic hydroxyl groups excluding tert-OH is 3. The largest absolute Gasteiger partial charge is 0.393 e. The van der Waals surface area contributed by atoms with Crippen molar-refractivity contribution in [3.8, 4) is 0 Å². The van der Waals surface area contributed by atoms with Crippen molar-refractivity contribution in [2.24, 2.45) is 28.6 Å². The van der Waals surface area contributed by atoms with Crippen LogP contribution >= 0.6 is 0 Å². The Kier molecular flexibility index (Phi) is 6.77. The zero-order valence-electron chi connectivity index (χ0n) is 24.2. The lowest BCUT2D eigenvalue weighted by Gasteiger charge is -2.60. The van der Waals surface area contributed by atoms with Gasteiger partial charge in [0.15, 0.2) is 17.2 Å². The Labute approximate surface area is 240 Å². The number of hydrogen-bond donors (Lipinski definition) is 5. The molecule has 3 saturated carbocycles. The molecule has 1 aromatic carbocycles. The number of quaternary nitrogens is 1. The SMILES string of the molecule is CC1(C)O[C@@H]2CC3[C@@H]4CCC5=CC([NH2+]c6ccc(F)c(CO)c6)=C(C=N)C[C@]5(C)C4C(O)C[C@]3(C)[C@]2(C(=O)CO)O1. The second-order valence-electron chi connectivity index (χ2n) is 13.7. The molecule has 1 saturated heterocycles. The van der Waals surface area contributed by atoms with E-state index in [0.717, 1.165) is 29.8 Å². The van der Waals surface area contributed by atoms with Crippen molar-refractivity contribution in [3.63, 3.8) is 0 Å². The van der Waals surface area contributed by atoms with Gasteiger partial charge < -0.3 is 30.2 Å². The van der Waals surface area contributed by atoms with Crippen molar-refractivity contribution in [1.29, 1.82) is 5.41 Å². The highest BCUT2D eigenvalue weighted by atomic mass is 19.1. The van der Waals surface area contributed by atoms with Crippen LogP contribution in [0, 0.1) is 39.8 Å². The lowest BCUT2D eigenvalue weighted by Crippen LogP contribution is -2.76. The van der Waals surface area contributed by atoms with E-state index in [1.54, 1.807) is 26.0 Å². The van der Waals surface area contributed by atoms with E-state index in [2.05, 4.69) is 13.0 Å². The summed E-state index contributed by atoms with van der Waals surface area (Å²) in [5, 5.41) is 41.7. The fraction of sp³-hybridized carbons (Fsp3) is 0.625. The number of ether oxygens (including phenoxy) is 2. The van der Waals surface area contributed by atoms with Gasteiger partial charge in [-0.05, 0) is 81.3 Å². The summed E-state index contributed by atoms with van der Waals surface area (Å²) in [6.45, 7) is 6.83. The van der Waals surface area contributed by atoms with Crippen LogP contribution in [0.1, 0.15) is 65.4 Å². The summed E-state index contributed by atoms with van der Waals surface area (Å²) in [5.41, 5.74) is 1.59. The van der Waals surface area contributed by atoms with Crippen molar-refractivity contribution in [2.75, 3.05) is 6.61 Å². The molecule has 0 spiro atoms. The third-order valence-electron chi connectivity index (χ3n) is 11.2. The molecule has 1 aliphatic heterocycles. The van der Waals surface area contributed by atoms with Crippen LogP contribution in [-0.4, -0.2) is 57.5 Å². The van der Waals surface area contributed by atoms with E-state index in [4.69, 9.17) is 14.9 Å². The van der Waals surface area contributed by atoms with Crippen LogP contribution < -0.4 is 5.32 Å². The average molecular weight is 570 g/mol. The van der Waals surface area contributed by atoms with Gasteiger partial charge in [0.25, 0.3) is 0 Å². The summed E-state index contributed by atoms with van der Waals surface area (Å²) in [4.78, 5) is 13.4. The first-order valence-corrected chi connectivity index (χ1v) is 14.7. The topological polar surface area (TPSA) is 137 Å². The number of fused-ring (bicyclic) bond motifs is 7. The van der Waals surface area contributed by atoms with E-state index >= 15 is 0 Å². The van der Waals surface area contributed by atoms with E-state index in [1.165, 1.54) is 17.9 Å². The zero-order valence-corrected chi connectivity index (χ0v) is 24.2. The average Bonchev–Trinajstić information content (AvgIpc) is 3.34. The Hall–Kier alpha value is -2.27. The maximum atomic E-state index is 14.0. The van der Waals surface area contributed by atoms with E-state index in [9.17, 15) is 24.5 Å². The van der Waals surface area contributed by atoms with Crippen molar-refractivity contribution in [3.05, 3.63) is 52.5 Å². The fourth-order valence-electron chi connectivity index (χ4n) is 9.69. The predicted octanol–water partition coefficient (Wildman–Crippen LogP) is 3.02. The number of allylic oxidation sites excluding steroid dienone is 3. The molecule has 1 aromatic rings. The Morgan fingerprint density at radius 2 is 2.00 bits per heavy atom. The summed E-state index contributed by atoms with van der Waals surface area (Å²) in [6.07, 6.45) is 5.60. The molecule has 8 nitrogen and oxygen atoms in total. The van der Waals surface area contributed by atoms with Gasteiger partial charge in [-0.2, -0.15) is 0 Å².